The number of hydrogen-bond acceptors (Lipinski definition) is 1. The molecule has 65 heavy (non-hydrogen) atoms. The lowest BCUT2D eigenvalue weighted by molar-refractivity contribution is 1.28. The molecule has 0 aliphatic rings. The highest BCUT2D eigenvalue weighted by molar-refractivity contribution is 5.89. The van der Waals surface area contributed by atoms with Crippen molar-refractivity contribution in [1.82, 2.24) is 0 Å². The van der Waals surface area contributed by atoms with Gasteiger partial charge in [-0.3, -0.25) is 0 Å². The molecule has 11 aromatic carbocycles. The third kappa shape index (κ3) is 8.40. The maximum Gasteiger partial charge on any atom is 0.0645 e. The van der Waals surface area contributed by atoms with Crippen molar-refractivity contribution in [2.75, 3.05) is 4.90 Å². The van der Waals surface area contributed by atoms with E-state index in [0.717, 1.165) is 66.8 Å². The molecular weight excluding hydrogens is 783 g/mol. The molecule has 306 valence electrons. The van der Waals surface area contributed by atoms with Crippen molar-refractivity contribution < 1.29 is 5.48 Å². The third-order valence-corrected chi connectivity index (χ3v) is 12.1. The summed E-state index contributed by atoms with van der Waals surface area (Å²) < 4.78 is 38.1. The first kappa shape index (κ1) is 35.0. The Balaban J connectivity index is 1.00. The van der Waals surface area contributed by atoms with Crippen LogP contribution in [0.25, 0.3) is 88.7 Å². The fourth-order valence-electron chi connectivity index (χ4n) is 8.67. The summed E-state index contributed by atoms with van der Waals surface area (Å²) in [5.41, 5.74) is 15.4. The summed E-state index contributed by atoms with van der Waals surface area (Å²) in [5, 5.41) is 2.40. The van der Waals surface area contributed by atoms with Gasteiger partial charge in [-0.25, -0.2) is 0 Å². The molecule has 1 heteroatoms. The maximum absolute atomic E-state index is 9.62. The van der Waals surface area contributed by atoms with Crippen molar-refractivity contribution in [2.45, 2.75) is 0 Å². The van der Waals surface area contributed by atoms with Gasteiger partial charge in [0, 0.05) is 17.1 Å². The van der Waals surface area contributed by atoms with Crippen LogP contribution >= 0.6 is 0 Å². The smallest absolute Gasteiger partial charge is 0.0645 e. The standard InChI is InChI=1S/C64H45N/c1-4-13-46(14-5-1)50-23-25-51(26-24-50)52-29-35-62(36-30-52)65(63-37-31-53(32-38-63)56-21-12-22-57(41-56)58-28-27-49-19-10-11-20-55(49)42-58)64-39-33-54(34-40-64)61-44-59(47-15-6-2-7-16-47)43-60(45-61)48-17-8-3-9-18-48/h1-45H/i29D,30D,35D,36D. The minimum absolute atomic E-state index is 0.103. The van der Waals surface area contributed by atoms with E-state index in [2.05, 4.69) is 158 Å². The molecule has 0 aromatic heterocycles. The lowest BCUT2D eigenvalue weighted by Gasteiger charge is -2.26. The highest BCUT2D eigenvalue weighted by atomic mass is 15.1. The number of rotatable bonds is 10. The van der Waals surface area contributed by atoms with Gasteiger partial charge >= 0.3 is 0 Å². The molecule has 0 saturated carbocycles. The second-order valence-corrected chi connectivity index (χ2v) is 16.3. The lowest BCUT2D eigenvalue weighted by atomic mass is 9.93. The number of anilines is 3. The quantitative estimate of drug-likeness (QED) is 0.133. The number of fused-ring (bicyclic) bond motifs is 1. The monoisotopic (exact) mass is 831 g/mol. The second-order valence-electron chi connectivity index (χ2n) is 16.3. The molecule has 0 bridgehead atoms. The summed E-state index contributed by atoms with van der Waals surface area (Å²) in [7, 11) is 0. The Bertz CT molecular complexity index is 3530. The van der Waals surface area contributed by atoms with Gasteiger partial charge in [-0.1, -0.05) is 206 Å². The first-order valence-corrected chi connectivity index (χ1v) is 22.0. The van der Waals surface area contributed by atoms with Crippen LogP contribution in [0, 0.1) is 0 Å². The topological polar surface area (TPSA) is 3.24 Å². The van der Waals surface area contributed by atoms with E-state index in [1.54, 1.807) is 0 Å². The Morgan fingerprint density at radius 2 is 0.523 bits per heavy atom. The average molecular weight is 832 g/mol. The van der Waals surface area contributed by atoms with E-state index < -0.39 is 0 Å². The molecular formula is C64H45N. The molecule has 11 aromatic rings. The number of hydrogen-bond donors (Lipinski definition) is 0. The van der Waals surface area contributed by atoms with Crippen molar-refractivity contribution >= 4 is 27.8 Å². The fraction of sp³-hybridized carbons (Fsp3) is 0. The zero-order valence-corrected chi connectivity index (χ0v) is 35.6. The highest BCUT2D eigenvalue weighted by Crippen LogP contribution is 2.40. The van der Waals surface area contributed by atoms with E-state index in [-0.39, 0.29) is 35.4 Å². The van der Waals surface area contributed by atoms with Crippen LogP contribution in [0.1, 0.15) is 5.48 Å². The Labute approximate surface area is 387 Å². The summed E-state index contributed by atoms with van der Waals surface area (Å²) in [5.74, 6) is 0. The van der Waals surface area contributed by atoms with Crippen LogP contribution in [0.15, 0.2) is 273 Å². The van der Waals surface area contributed by atoms with Gasteiger partial charge in [0.1, 0.15) is 0 Å². The van der Waals surface area contributed by atoms with Gasteiger partial charge in [-0.15, -0.1) is 0 Å². The van der Waals surface area contributed by atoms with E-state index >= 15 is 0 Å². The average Bonchev–Trinajstić information content (AvgIpc) is 3.42. The normalized spacial score (nSPS) is 11.9. The molecule has 0 fully saturated rings. The van der Waals surface area contributed by atoms with Gasteiger partial charge < -0.3 is 4.90 Å². The fourth-order valence-corrected chi connectivity index (χ4v) is 8.67. The summed E-state index contributed by atoms with van der Waals surface area (Å²) in [4.78, 5) is 1.86. The molecule has 0 radical (unpaired) electrons. The van der Waals surface area contributed by atoms with E-state index in [1.807, 2.05) is 95.9 Å². The van der Waals surface area contributed by atoms with E-state index in [4.69, 9.17) is 0 Å². The summed E-state index contributed by atoms with van der Waals surface area (Å²) >= 11 is 0. The number of benzene rings is 11. The van der Waals surface area contributed by atoms with Crippen molar-refractivity contribution in [3.8, 4) is 77.9 Å². The molecule has 0 spiro atoms. The summed E-state index contributed by atoms with van der Waals surface area (Å²) in [6.07, 6.45) is 0. The minimum Gasteiger partial charge on any atom is -0.311 e. The van der Waals surface area contributed by atoms with Gasteiger partial charge in [0.2, 0.25) is 0 Å². The summed E-state index contributed by atoms with van der Waals surface area (Å²) in [6, 6.07) is 84.6. The first-order valence-electron chi connectivity index (χ1n) is 24.0. The Morgan fingerprint density at radius 3 is 1.05 bits per heavy atom. The Kier molecular flexibility index (Phi) is 9.52. The zero-order chi connectivity index (χ0) is 46.8. The van der Waals surface area contributed by atoms with Crippen molar-refractivity contribution in [3.05, 3.63) is 273 Å². The Morgan fingerprint density at radius 1 is 0.200 bits per heavy atom. The second kappa shape index (κ2) is 17.7. The molecule has 0 amide bonds. The first-order chi connectivity index (χ1) is 33.9. The van der Waals surface area contributed by atoms with Gasteiger partial charge in [0.05, 0.1) is 5.48 Å². The van der Waals surface area contributed by atoms with Crippen LogP contribution in [0.5, 0.6) is 0 Å². The number of nitrogens with zero attached hydrogens (tertiary/aromatic N) is 1. The lowest BCUT2D eigenvalue weighted by Crippen LogP contribution is -2.09. The van der Waals surface area contributed by atoms with Crippen LogP contribution < -0.4 is 4.90 Å². The van der Waals surface area contributed by atoms with Gasteiger partial charge in [-0.05, 0) is 155 Å². The van der Waals surface area contributed by atoms with Crippen molar-refractivity contribution in [2.24, 2.45) is 0 Å². The van der Waals surface area contributed by atoms with Gasteiger partial charge in [0.15, 0.2) is 0 Å². The third-order valence-electron chi connectivity index (χ3n) is 12.1. The van der Waals surface area contributed by atoms with E-state index in [9.17, 15) is 5.48 Å². The Hall–Kier alpha value is -8.52. The molecule has 0 aliphatic carbocycles. The maximum atomic E-state index is 9.62. The van der Waals surface area contributed by atoms with Crippen LogP contribution in [-0.4, -0.2) is 0 Å². The minimum atomic E-state index is -0.127. The van der Waals surface area contributed by atoms with E-state index in [0.29, 0.717) is 16.9 Å². The van der Waals surface area contributed by atoms with Crippen LogP contribution in [0.4, 0.5) is 17.1 Å². The molecule has 0 heterocycles. The molecule has 0 unspecified atom stereocenters. The van der Waals surface area contributed by atoms with E-state index in [1.165, 1.54) is 10.8 Å². The predicted octanol–water partition coefficient (Wildman–Crippen LogP) is 18.0. The largest absolute Gasteiger partial charge is 0.311 e. The molecule has 11 rings (SSSR count). The molecule has 0 aliphatic heterocycles. The van der Waals surface area contributed by atoms with Crippen LogP contribution in [0.2, 0.25) is 0 Å². The summed E-state index contributed by atoms with van der Waals surface area (Å²) in [6.45, 7) is 0. The highest BCUT2D eigenvalue weighted by Gasteiger charge is 2.15. The van der Waals surface area contributed by atoms with Crippen LogP contribution in [-0.2, 0) is 0 Å². The molecule has 1 nitrogen and oxygen atoms in total. The zero-order valence-electron chi connectivity index (χ0n) is 39.6. The van der Waals surface area contributed by atoms with Gasteiger partial charge in [-0.2, -0.15) is 0 Å². The van der Waals surface area contributed by atoms with Crippen molar-refractivity contribution in [1.29, 1.82) is 0 Å². The van der Waals surface area contributed by atoms with Crippen molar-refractivity contribution in [3.63, 3.8) is 0 Å². The molecule has 0 atom stereocenters. The van der Waals surface area contributed by atoms with Crippen LogP contribution in [0.3, 0.4) is 0 Å². The SMILES string of the molecule is [2H]c1c([2H])c(N(c2ccc(-c3cccc(-c4ccc5ccccc5c4)c3)cc2)c2ccc(-c3cc(-c4ccccc4)cc(-c4ccccc4)c3)cc2)c([2H])c([2H])c1-c1ccc(-c2ccccc2)cc1. The van der Waals surface area contributed by atoms with Gasteiger partial charge in [0.25, 0.3) is 0 Å². The predicted molar refractivity (Wildman–Crippen MR) is 277 cm³/mol. The molecule has 0 saturated heterocycles. The molecule has 0 N–H and O–H groups in total.